The van der Waals surface area contributed by atoms with Gasteiger partial charge in [-0.3, -0.25) is 29.8 Å². The predicted octanol–water partition coefficient (Wildman–Crippen LogP) is 4.86. The van der Waals surface area contributed by atoms with Crippen molar-refractivity contribution in [2.24, 2.45) is 0 Å². The molecule has 0 spiro atoms. The van der Waals surface area contributed by atoms with Crippen LogP contribution in [0.1, 0.15) is 48.4 Å². The molecule has 186 valence electrons. The van der Waals surface area contributed by atoms with E-state index in [0.717, 1.165) is 17.4 Å². The molecule has 2 N–H and O–H groups in total. The van der Waals surface area contributed by atoms with E-state index in [4.69, 9.17) is 4.74 Å². The first-order chi connectivity index (χ1) is 17.0. The second-order valence-corrected chi connectivity index (χ2v) is 8.48. The smallest absolute Gasteiger partial charge is 0.341 e. The summed E-state index contributed by atoms with van der Waals surface area (Å²) in [6.45, 7) is 4.67. The minimum absolute atomic E-state index is 0.0170. The topological polar surface area (TPSA) is 171 Å². The van der Waals surface area contributed by atoms with Crippen molar-refractivity contribution < 1.29 is 29.0 Å². The van der Waals surface area contributed by atoms with Gasteiger partial charge in [-0.1, -0.05) is 12.1 Å². The summed E-state index contributed by atoms with van der Waals surface area (Å²) < 4.78 is 5.08. The molecule has 0 aliphatic rings. The summed E-state index contributed by atoms with van der Waals surface area (Å²) in [7, 11) is 0. The average molecular weight is 513 g/mol. The first kappa shape index (κ1) is 26.0. The molecular weight excluding hydrogens is 492 g/mol. The van der Waals surface area contributed by atoms with Gasteiger partial charge in [-0.15, -0.1) is 11.3 Å². The molecule has 2 amide bonds. The van der Waals surface area contributed by atoms with Crippen molar-refractivity contribution in [2.45, 2.75) is 20.8 Å². The number of hydrogen-bond acceptors (Lipinski definition) is 9. The second kappa shape index (κ2) is 10.7. The Morgan fingerprint density at radius 2 is 1.69 bits per heavy atom. The third-order valence-electron chi connectivity index (χ3n) is 5.04. The number of anilines is 2. The number of nitro groups is 2. The quantitative estimate of drug-likeness (QED) is 0.245. The molecule has 0 bridgehead atoms. The summed E-state index contributed by atoms with van der Waals surface area (Å²) in [6.07, 6.45) is 0. The molecule has 12 nitrogen and oxygen atoms in total. The third kappa shape index (κ3) is 5.52. The largest absolute Gasteiger partial charge is 0.462 e. The monoisotopic (exact) mass is 512 g/mol. The molecular formula is C23H20N4O8S. The highest BCUT2D eigenvalue weighted by Gasteiger charge is 2.27. The van der Waals surface area contributed by atoms with Crippen LogP contribution in [0.3, 0.4) is 0 Å². The third-order valence-corrected chi connectivity index (χ3v) is 6.25. The van der Waals surface area contributed by atoms with Crippen molar-refractivity contribution >= 4 is 51.2 Å². The molecule has 0 unspecified atom stereocenters. The lowest BCUT2D eigenvalue weighted by Gasteiger charge is -2.07. The number of benzene rings is 2. The fraction of sp³-hybridized carbons (Fsp3) is 0.174. The lowest BCUT2D eigenvalue weighted by Crippen LogP contribution is -2.15. The Balaban J connectivity index is 1.97. The Labute approximate surface area is 208 Å². The zero-order valence-electron chi connectivity index (χ0n) is 19.3. The van der Waals surface area contributed by atoms with Gasteiger partial charge < -0.3 is 15.4 Å². The number of amides is 2. The van der Waals surface area contributed by atoms with Crippen LogP contribution in [-0.4, -0.2) is 34.2 Å². The number of non-ortho nitro benzene ring substituents is 1. The van der Waals surface area contributed by atoms with Gasteiger partial charge in [-0.2, -0.15) is 0 Å². The molecule has 2 aromatic carbocycles. The number of carbonyl (C=O) groups excluding carboxylic acids is 3. The minimum atomic E-state index is -0.772. The fourth-order valence-electron chi connectivity index (χ4n) is 3.27. The zero-order chi connectivity index (χ0) is 26.6. The van der Waals surface area contributed by atoms with E-state index in [-0.39, 0.29) is 50.2 Å². The van der Waals surface area contributed by atoms with Gasteiger partial charge in [-0.25, -0.2) is 4.79 Å². The highest BCUT2D eigenvalue weighted by Crippen LogP contribution is 2.35. The minimum Gasteiger partial charge on any atom is -0.462 e. The van der Waals surface area contributed by atoms with Crippen LogP contribution in [0.2, 0.25) is 0 Å². The molecule has 1 aromatic heterocycles. The first-order valence-electron chi connectivity index (χ1n) is 10.5. The number of rotatable bonds is 8. The molecule has 0 fully saturated rings. The SMILES string of the molecule is CCOC(=O)c1c(NC(=O)c2ccc(C)c([N+](=O)[O-])c2)sc(C(=O)Nc2cccc([N+](=O)[O-])c2)c1C. The Bertz CT molecular complexity index is 1400. The van der Waals surface area contributed by atoms with Crippen LogP contribution in [0.15, 0.2) is 42.5 Å². The maximum Gasteiger partial charge on any atom is 0.341 e. The maximum atomic E-state index is 13.0. The molecule has 36 heavy (non-hydrogen) atoms. The highest BCUT2D eigenvalue weighted by molar-refractivity contribution is 7.19. The maximum absolute atomic E-state index is 13.0. The fourth-order valence-corrected chi connectivity index (χ4v) is 4.36. The molecule has 0 aliphatic carbocycles. The predicted molar refractivity (Wildman–Crippen MR) is 132 cm³/mol. The van der Waals surface area contributed by atoms with Crippen LogP contribution < -0.4 is 10.6 Å². The van der Waals surface area contributed by atoms with E-state index in [0.29, 0.717) is 5.56 Å². The van der Waals surface area contributed by atoms with Crippen molar-refractivity contribution in [2.75, 3.05) is 17.2 Å². The molecule has 3 rings (SSSR count). The van der Waals surface area contributed by atoms with Crippen LogP contribution in [0.4, 0.5) is 22.1 Å². The van der Waals surface area contributed by atoms with Crippen molar-refractivity contribution in [1.29, 1.82) is 0 Å². The van der Waals surface area contributed by atoms with Gasteiger partial charge in [-0.05, 0) is 38.5 Å². The molecule has 3 aromatic rings. The molecule has 0 aliphatic heterocycles. The van der Waals surface area contributed by atoms with E-state index in [2.05, 4.69) is 10.6 Å². The number of nitro benzene ring substituents is 2. The summed E-state index contributed by atoms with van der Waals surface area (Å²) in [5.41, 5.74) is 0.243. The standard InChI is InChI=1S/C23H20N4O8S/c1-4-35-23(30)18-13(3)19(21(29)24-15-6-5-7-16(11-15)26(31)32)36-22(18)25-20(28)14-9-8-12(2)17(10-14)27(33)34/h5-11H,4H2,1-3H3,(H,24,29)(H,25,28). The Morgan fingerprint density at radius 1 is 0.972 bits per heavy atom. The first-order valence-corrected chi connectivity index (χ1v) is 11.3. The van der Waals surface area contributed by atoms with Gasteiger partial charge in [0.2, 0.25) is 0 Å². The van der Waals surface area contributed by atoms with Gasteiger partial charge in [0.1, 0.15) is 5.00 Å². The van der Waals surface area contributed by atoms with E-state index >= 15 is 0 Å². The Hall–Kier alpha value is -4.65. The summed E-state index contributed by atoms with van der Waals surface area (Å²) in [5.74, 6) is -2.16. The number of thiophene rings is 1. The zero-order valence-corrected chi connectivity index (χ0v) is 20.1. The van der Waals surface area contributed by atoms with Gasteiger partial charge in [0, 0.05) is 35.0 Å². The van der Waals surface area contributed by atoms with E-state index in [1.807, 2.05) is 0 Å². The number of nitrogens with one attached hydrogen (secondary N) is 2. The van der Waals surface area contributed by atoms with Crippen molar-refractivity contribution in [3.63, 3.8) is 0 Å². The summed E-state index contributed by atoms with van der Waals surface area (Å²) in [6, 6.07) is 9.27. The van der Waals surface area contributed by atoms with E-state index in [9.17, 15) is 34.6 Å². The number of aryl methyl sites for hydroxylation is 1. The summed E-state index contributed by atoms with van der Waals surface area (Å²) in [5, 5.41) is 27.3. The van der Waals surface area contributed by atoms with E-state index < -0.39 is 27.6 Å². The number of ether oxygens (including phenoxy) is 1. The van der Waals surface area contributed by atoms with E-state index in [1.54, 1.807) is 6.92 Å². The molecule has 0 atom stereocenters. The Kier molecular flexibility index (Phi) is 7.74. The summed E-state index contributed by atoms with van der Waals surface area (Å²) in [4.78, 5) is 59.6. The van der Waals surface area contributed by atoms with Gasteiger partial charge >= 0.3 is 5.97 Å². The van der Waals surface area contributed by atoms with Gasteiger partial charge in [0.25, 0.3) is 23.2 Å². The molecule has 0 radical (unpaired) electrons. The average Bonchev–Trinajstić information content (AvgIpc) is 3.15. The highest BCUT2D eigenvalue weighted by atomic mass is 32.1. The van der Waals surface area contributed by atoms with Crippen LogP contribution >= 0.6 is 11.3 Å². The number of carbonyl (C=O) groups is 3. The molecule has 1 heterocycles. The normalized spacial score (nSPS) is 10.4. The second-order valence-electron chi connectivity index (χ2n) is 7.45. The number of hydrogen-bond donors (Lipinski definition) is 2. The van der Waals surface area contributed by atoms with Crippen LogP contribution in [0.5, 0.6) is 0 Å². The lowest BCUT2D eigenvalue weighted by molar-refractivity contribution is -0.385. The molecule has 13 heteroatoms. The molecule has 0 saturated carbocycles. The van der Waals surface area contributed by atoms with Crippen molar-refractivity contribution in [1.82, 2.24) is 0 Å². The molecule has 0 saturated heterocycles. The summed E-state index contributed by atoms with van der Waals surface area (Å²) >= 11 is 0.802. The lowest BCUT2D eigenvalue weighted by atomic mass is 10.1. The number of nitrogens with zero attached hydrogens (tertiary/aromatic N) is 2. The van der Waals surface area contributed by atoms with Crippen LogP contribution in [0, 0.1) is 34.1 Å². The van der Waals surface area contributed by atoms with Crippen LogP contribution in [0.25, 0.3) is 0 Å². The number of esters is 1. The van der Waals surface area contributed by atoms with Gasteiger partial charge in [0.15, 0.2) is 0 Å². The van der Waals surface area contributed by atoms with Gasteiger partial charge in [0.05, 0.1) is 26.9 Å². The van der Waals surface area contributed by atoms with Crippen molar-refractivity contribution in [3.8, 4) is 0 Å². The van der Waals surface area contributed by atoms with E-state index in [1.165, 1.54) is 50.2 Å². The van der Waals surface area contributed by atoms with Crippen LogP contribution in [-0.2, 0) is 4.74 Å². The van der Waals surface area contributed by atoms with Crippen molar-refractivity contribution in [3.05, 3.63) is 89.8 Å². The Morgan fingerprint density at radius 3 is 2.33 bits per heavy atom.